The van der Waals surface area contributed by atoms with Gasteiger partial charge in [-0.3, -0.25) is 19.9 Å². The molecule has 1 spiro atoms. The molecule has 2 aromatic rings. The van der Waals surface area contributed by atoms with Gasteiger partial charge in [-0.25, -0.2) is 4.99 Å². The predicted octanol–water partition coefficient (Wildman–Crippen LogP) is 2.18. The summed E-state index contributed by atoms with van der Waals surface area (Å²) in [4.78, 5) is 39.0. The molecule has 1 fully saturated rings. The fourth-order valence-electron chi connectivity index (χ4n) is 4.16. The normalized spacial score (nSPS) is 18.2. The highest BCUT2D eigenvalue weighted by molar-refractivity contribution is 6.09. The van der Waals surface area contributed by atoms with E-state index in [1.165, 1.54) is 0 Å². The number of hydrogen-bond donors (Lipinski definition) is 1. The van der Waals surface area contributed by atoms with Crippen LogP contribution in [0.5, 0.6) is 0 Å². The van der Waals surface area contributed by atoms with E-state index in [2.05, 4.69) is 15.3 Å². The van der Waals surface area contributed by atoms with Gasteiger partial charge in [0.25, 0.3) is 11.8 Å². The first-order valence-corrected chi connectivity index (χ1v) is 9.97. The Labute approximate surface area is 170 Å². The zero-order valence-corrected chi connectivity index (χ0v) is 17.7. The molecule has 7 nitrogen and oxygen atoms in total. The summed E-state index contributed by atoms with van der Waals surface area (Å²) in [5, 5.41) is 3.76. The molecule has 2 aliphatic rings. The molecule has 2 aliphatic heterocycles. The average molecular weight is 393 g/mol. The minimum atomic E-state index is -0.752. The van der Waals surface area contributed by atoms with Gasteiger partial charge in [-0.15, -0.1) is 0 Å². The number of benzene rings is 1. The maximum Gasteiger partial charge on any atom is 0.254 e. The summed E-state index contributed by atoms with van der Waals surface area (Å²) < 4.78 is 0. The summed E-state index contributed by atoms with van der Waals surface area (Å²) in [5.74, 6) is 0.538. The van der Waals surface area contributed by atoms with E-state index in [1.807, 2.05) is 62.9 Å². The van der Waals surface area contributed by atoms with Crippen molar-refractivity contribution in [2.45, 2.75) is 39.2 Å². The van der Waals surface area contributed by atoms with Gasteiger partial charge in [0, 0.05) is 38.3 Å². The largest absolute Gasteiger partial charge is 0.349 e. The quantitative estimate of drug-likeness (QED) is 0.806. The third-order valence-corrected chi connectivity index (χ3v) is 6.11. The van der Waals surface area contributed by atoms with Crippen LogP contribution in [0.2, 0.25) is 0 Å². The number of hydrogen-bond acceptors (Lipinski definition) is 5. The van der Waals surface area contributed by atoms with Crippen LogP contribution >= 0.6 is 0 Å². The van der Waals surface area contributed by atoms with Crippen LogP contribution in [0.1, 0.15) is 40.0 Å². The highest BCUT2D eigenvalue weighted by atomic mass is 16.2. The Morgan fingerprint density at radius 1 is 1.17 bits per heavy atom. The molecule has 7 heteroatoms. The van der Waals surface area contributed by atoms with Crippen LogP contribution in [0, 0.1) is 20.8 Å². The van der Waals surface area contributed by atoms with E-state index >= 15 is 0 Å². The van der Waals surface area contributed by atoms with Gasteiger partial charge in [-0.1, -0.05) is 11.6 Å². The molecule has 1 saturated heterocycles. The Hall–Kier alpha value is -2.96. The molecule has 4 rings (SSSR count). The van der Waals surface area contributed by atoms with Crippen LogP contribution in [0.4, 0.5) is 0 Å². The van der Waals surface area contributed by atoms with Gasteiger partial charge in [0.1, 0.15) is 5.54 Å². The van der Waals surface area contributed by atoms with Crippen molar-refractivity contribution >= 4 is 28.7 Å². The zero-order chi connectivity index (χ0) is 20.9. The van der Waals surface area contributed by atoms with E-state index in [9.17, 15) is 9.59 Å². The highest BCUT2D eigenvalue weighted by Crippen LogP contribution is 2.32. The second kappa shape index (κ2) is 6.83. The summed E-state index contributed by atoms with van der Waals surface area (Å²) in [6.07, 6.45) is 1.06. The van der Waals surface area contributed by atoms with Gasteiger partial charge in [0.15, 0.2) is 0 Å². The number of piperidine rings is 1. The Morgan fingerprint density at radius 3 is 2.48 bits per heavy atom. The van der Waals surface area contributed by atoms with Gasteiger partial charge in [0.05, 0.1) is 11.1 Å². The van der Waals surface area contributed by atoms with Crippen molar-refractivity contribution in [1.29, 1.82) is 0 Å². The Morgan fingerprint density at radius 2 is 1.86 bits per heavy atom. The van der Waals surface area contributed by atoms with E-state index in [0.29, 0.717) is 31.9 Å². The van der Waals surface area contributed by atoms with Gasteiger partial charge >= 0.3 is 0 Å². The van der Waals surface area contributed by atoms with Crippen molar-refractivity contribution in [1.82, 2.24) is 20.1 Å². The van der Waals surface area contributed by atoms with Crippen molar-refractivity contribution in [2.75, 3.05) is 27.2 Å². The Bertz CT molecular complexity index is 1050. The lowest BCUT2D eigenvalue weighted by molar-refractivity contribution is -0.125. The second-order valence-corrected chi connectivity index (χ2v) is 8.33. The lowest BCUT2D eigenvalue weighted by atomic mass is 9.87. The number of aromatic nitrogens is 1. The number of guanidine groups is 1. The molecule has 2 amide bonds. The van der Waals surface area contributed by atoms with Crippen molar-refractivity contribution in [2.24, 2.45) is 4.99 Å². The second-order valence-electron chi connectivity index (χ2n) is 8.33. The lowest BCUT2D eigenvalue weighted by Gasteiger charge is -2.36. The van der Waals surface area contributed by atoms with E-state index in [0.717, 1.165) is 33.3 Å². The minimum Gasteiger partial charge on any atom is -0.349 e. The number of rotatable bonds is 1. The number of carbonyl (C=O) groups excluding carboxylic acids is 2. The SMILES string of the molecule is Cc1ccc2nc(C)c(C)c(C(=O)N3CCC4(CC3)N=C(N(C)C)NC4=O)c2c1. The number of amides is 2. The van der Waals surface area contributed by atoms with Crippen LogP contribution in [-0.4, -0.2) is 65.3 Å². The number of aryl methyl sites for hydroxylation is 2. The maximum absolute atomic E-state index is 13.5. The number of carbonyl (C=O) groups is 2. The molecule has 0 bridgehead atoms. The zero-order valence-electron chi connectivity index (χ0n) is 17.7. The highest BCUT2D eigenvalue weighted by Gasteiger charge is 2.47. The molecule has 1 N–H and O–H groups in total. The van der Waals surface area contributed by atoms with E-state index in [1.54, 1.807) is 0 Å². The van der Waals surface area contributed by atoms with Crippen molar-refractivity contribution < 1.29 is 9.59 Å². The third-order valence-electron chi connectivity index (χ3n) is 6.11. The number of fused-ring (bicyclic) bond motifs is 1. The first-order chi connectivity index (χ1) is 13.7. The lowest BCUT2D eigenvalue weighted by Crippen LogP contribution is -2.50. The number of likely N-dealkylation sites (tertiary alicyclic amines) is 1. The van der Waals surface area contributed by atoms with E-state index < -0.39 is 5.54 Å². The summed E-state index contributed by atoms with van der Waals surface area (Å²) >= 11 is 0. The average Bonchev–Trinajstić information content (AvgIpc) is 3.00. The molecular formula is C22H27N5O2. The summed E-state index contributed by atoms with van der Waals surface area (Å²) in [6.45, 7) is 6.93. The van der Waals surface area contributed by atoms with Gasteiger partial charge in [-0.05, 0) is 51.3 Å². The smallest absolute Gasteiger partial charge is 0.254 e. The molecular weight excluding hydrogens is 366 g/mol. The first-order valence-electron chi connectivity index (χ1n) is 9.97. The molecule has 29 heavy (non-hydrogen) atoms. The summed E-state index contributed by atoms with van der Waals surface area (Å²) in [7, 11) is 3.72. The van der Waals surface area contributed by atoms with Crippen molar-refractivity contribution in [3.8, 4) is 0 Å². The molecule has 0 unspecified atom stereocenters. The monoisotopic (exact) mass is 393 g/mol. The van der Waals surface area contributed by atoms with Crippen LogP contribution in [0.3, 0.4) is 0 Å². The number of nitrogens with one attached hydrogen (secondary N) is 1. The maximum atomic E-state index is 13.5. The molecule has 1 aromatic heterocycles. The Balaban J connectivity index is 1.64. The predicted molar refractivity (Wildman–Crippen MR) is 113 cm³/mol. The number of nitrogens with zero attached hydrogens (tertiary/aromatic N) is 4. The van der Waals surface area contributed by atoms with Crippen molar-refractivity contribution in [3.05, 3.63) is 40.6 Å². The van der Waals surface area contributed by atoms with Crippen LogP contribution in [0.25, 0.3) is 10.9 Å². The molecule has 1 aromatic carbocycles. The molecule has 0 saturated carbocycles. The van der Waals surface area contributed by atoms with Gasteiger partial charge in [-0.2, -0.15) is 0 Å². The number of aliphatic imine (C=N–C) groups is 1. The molecule has 152 valence electrons. The molecule has 0 aliphatic carbocycles. The fraction of sp³-hybridized carbons (Fsp3) is 0.455. The van der Waals surface area contributed by atoms with Crippen LogP contribution in [0.15, 0.2) is 23.2 Å². The van der Waals surface area contributed by atoms with E-state index in [4.69, 9.17) is 0 Å². The minimum absolute atomic E-state index is 0.00803. The standard InChI is InChI=1S/C22H27N5O2/c1-13-6-7-17-16(12-13)18(14(2)15(3)23-17)19(28)27-10-8-22(9-11-27)20(29)24-21(25-22)26(4)5/h6-7,12H,8-11H2,1-5H3,(H,24,25,29). The van der Waals surface area contributed by atoms with Crippen molar-refractivity contribution in [3.63, 3.8) is 0 Å². The Kier molecular flexibility index (Phi) is 4.56. The van der Waals surface area contributed by atoms with Crippen LogP contribution in [-0.2, 0) is 4.79 Å². The molecule has 0 radical (unpaired) electrons. The van der Waals surface area contributed by atoms with Gasteiger partial charge in [0.2, 0.25) is 5.96 Å². The summed E-state index contributed by atoms with van der Waals surface area (Å²) in [6, 6.07) is 6.02. The molecule has 3 heterocycles. The molecule has 0 atom stereocenters. The van der Waals surface area contributed by atoms with Crippen LogP contribution < -0.4 is 5.32 Å². The third kappa shape index (κ3) is 3.14. The van der Waals surface area contributed by atoms with E-state index in [-0.39, 0.29) is 11.8 Å². The van der Waals surface area contributed by atoms with Gasteiger partial charge < -0.3 is 9.80 Å². The topological polar surface area (TPSA) is 77.9 Å². The number of pyridine rings is 1. The fourth-order valence-corrected chi connectivity index (χ4v) is 4.16. The first kappa shape index (κ1) is 19.4. The summed E-state index contributed by atoms with van der Waals surface area (Å²) in [5.41, 5.74) is 3.69.